The fourth-order valence-electron chi connectivity index (χ4n) is 1.60. The van der Waals surface area contributed by atoms with E-state index in [1.54, 1.807) is 0 Å². The summed E-state index contributed by atoms with van der Waals surface area (Å²) in [6.45, 7) is 2.10. The zero-order valence-corrected chi connectivity index (χ0v) is 11.6. The Bertz CT molecular complexity index is 519. The third kappa shape index (κ3) is 1.79. The van der Waals surface area contributed by atoms with Gasteiger partial charge in [0.25, 0.3) is 0 Å². The minimum absolute atomic E-state index is 0.771. The highest BCUT2D eigenvalue weighted by Gasteiger charge is 2.12. The van der Waals surface area contributed by atoms with Crippen molar-refractivity contribution in [3.05, 3.63) is 27.3 Å². The largest absolute Gasteiger partial charge is 0.357 e. The molecule has 0 saturated heterocycles. The Morgan fingerprint density at radius 3 is 2.69 bits per heavy atom. The first-order valence-corrected chi connectivity index (χ1v) is 6.05. The van der Waals surface area contributed by atoms with E-state index < -0.39 is 0 Å². The molecule has 0 aliphatic rings. The van der Waals surface area contributed by atoms with Crippen LogP contribution in [0.1, 0.15) is 5.56 Å². The molecule has 0 bridgehead atoms. The lowest BCUT2D eigenvalue weighted by Gasteiger charge is -2.07. The third-order valence-corrected chi connectivity index (χ3v) is 3.96. The minimum atomic E-state index is 0.771. The van der Waals surface area contributed by atoms with Crippen LogP contribution < -0.4 is 5.32 Å². The zero-order chi connectivity index (χ0) is 11.7. The lowest BCUT2D eigenvalue weighted by Crippen LogP contribution is -2.00. The van der Waals surface area contributed by atoms with Gasteiger partial charge in [-0.15, -0.1) is 10.2 Å². The molecule has 16 heavy (non-hydrogen) atoms. The number of halogens is 1. The smallest absolute Gasteiger partial charge is 0.224 e. The predicted octanol–water partition coefficient (Wildman–Crippen LogP) is 2.44. The van der Waals surface area contributed by atoms with Crippen molar-refractivity contribution in [1.82, 2.24) is 14.8 Å². The van der Waals surface area contributed by atoms with Crippen molar-refractivity contribution < 1.29 is 0 Å². The van der Waals surface area contributed by atoms with Crippen molar-refractivity contribution in [2.75, 3.05) is 12.4 Å². The number of nitrogens with one attached hydrogen (secondary N) is 1. The average molecular weight is 328 g/mol. The summed E-state index contributed by atoms with van der Waals surface area (Å²) in [4.78, 5) is 0. The highest BCUT2D eigenvalue weighted by atomic mass is 127. The van der Waals surface area contributed by atoms with Gasteiger partial charge in [0, 0.05) is 23.2 Å². The summed E-state index contributed by atoms with van der Waals surface area (Å²) >= 11 is 2.34. The number of anilines is 1. The highest BCUT2D eigenvalue weighted by Crippen LogP contribution is 2.26. The maximum Gasteiger partial charge on any atom is 0.224 e. The molecule has 4 nitrogen and oxygen atoms in total. The van der Waals surface area contributed by atoms with E-state index in [-0.39, 0.29) is 0 Å². The van der Waals surface area contributed by atoms with Crippen LogP contribution in [0.5, 0.6) is 0 Å². The first-order valence-electron chi connectivity index (χ1n) is 4.97. The molecule has 0 unspecified atom stereocenters. The molecule has 0 fully saturated rings. The van der Waals surface area contributed by atoms with Gasteiger partial charge in [0.2, 0.25) is 5.95 Å². The van der Waals surface area contributed by atoms with Crippen LogP contribution in [0.25, 0.3) is 11.4 Å². The van der Waals surface area contributed by atoms with Crippen molar-refractivity contribution in [3.63, 3.8) is 0 Å². The maximum absolute atomic E-state index is 4.20. The number of aryl methyl sites for hydroxylation is 1. The van der Waals surface area contributed by atoms with Gasteiger partial charge in [0.15, 0.2) is 5.82 Å². The number of aromatic nitrogens is 3. The molecule has 2 aromatic rings. The fraction of sp³-hybridized carbons (Fsp3) is 0.273. The summed E-state index contributed by atoms with van der Waals surface area (Å²) in [5.41, 5.74) is 2.38. The van der Waals surface area contributed by atoms with Gasteiger partial charge in [-0.1, -0.05) is 18.2 Å². The minimum Gasteiger partial charge on any atom is -0.357 e. The van der Waals surface area contributed by atoms with Crippen LogP contribution in [-0.2, 0) is 7.05 Å². The van der Waals surface area contributed by atoms with E-state index in [2.05, 4.69) is 57.2 Å². The molecule has 0 atom stereocenters. The van der Waals surface area contributed by atoms with E-state index in [0.29, 0.717) is 0 Å². The van der Waals surface area contributed by atoms with Crippen LogP contribution in [0, 0.1) is 10.5 Å². The summed E-state index contributed by atoms with van der Waals surface area (Å²) in [5, 5.41) is 11.3. The van der Waals surface area contributed by atoms with E-state index in [1.807, 2.05) is 24.7 Å². The van der Waals surface area contributed by atoms with Crippen molar-refractivity contribution in [3.8, 4) is 11.4 Å². The summed E-state index contributed by atoms with van der Waals surface area (Å²) in [7, 11) is 3.80. The molecule has 1 aromatic carbocycles. The van der Waals surface area contributed by atoms with Gasteiger partial charge in [0.05, 0.1) is 0 Å². The topological polar surface area (TPSA) is 42.7 Å². The van der Waals surface area contributed by atoms with Crippen molar-refractivity contribution in [1.29, 1.82) is 0 Å². The van der Waals surface area contributed by atoms with E-state index in [0.717, 1.165) is 17.3 Å². The first-order chi connectivity index (χ1) is 7.65. The molecular formula is C11H13IN4. The first kappa shape index (κ1) is 11.4. The molecule has 1 aromatic heterocycles. The summed E-state index contributed by atoms with van der Waals surface area (Å²) in [6, 6.07) is 6.21. The highest BCUT2D eigenvalue weighted by molar-refractivity contribution is 14.1. The molecule has 2 rings (SSSR count). The molecule has 0 spiro atoms. The Morgan fingerprint density at radius 1 is 1.31 bits per heavy atom. The standard InChI is InChI=1S/C11H13IN4/c1-7-5-4-6-8(9(7)12)10-14-15-11(13-2)16(10)3/h4-6H,1-3H3,(H,13,15). The molecule has 1 N–H and O–H groups in total. The van der Waals surface area contributed by atoms with E-state index >= 15 is 0 Å². The molecule has 5 heteroatoms. The van der Waals surface area contributed by atoms with Crippen LogP contribution in [0.2, 0.25) is 0 Å². The summed E-state index contributed by atoms with van der Waals surface area (Å²) in [5.74, 6) is 1.66. The van der Waals surface area contributed by atoms with Crippen LogP contribution in [-0.4, -0.2) is 21.8 Å². The van der Waals surface area contributed by atoms with Crippen molar-refractivity contribution in [2.24, 2.45) is 7.05 Å². The van der Waals surface area contributed by atoms with Gasteiger partial charge >= 0.3 is 0 Å². The Kier molecular flexibility index (Phi) is 3.13. The second kappa shape index (κ2) is 4.40. The van der Waals surface area contributed by atoms with Crippen LogP contribution in [0.15, 0.2) is 18.2 Å². The van der Waals surface area contributed by atoms with Crippen molar-refractivity contribution in [2.45, 2.75) is 6.92 Å². The Hall–Kier alpha value is -1.11. The Balaban J connectivity index is 2.59. The molecular weight excluding hydrogens is 315 g/mol. The second-order valence-electron chi connectivity index (χ2n) is 3.59. The lowest BCUT2D eigenvalue weighted by atomic mass is 10.1. The van der Waals surface area contributed by atoms with E-state index in [4.69, 9.17) is 0 Å². The van der Waals surface area contributed by atoms with E-state index in [9.17, 15) is 0 Å². The molecule has 1 heterocycles. The summed E-state index contributed by atoms with van der Waals surface area (Å²) in [6.07, 6.45) is 0. The maximum atomic E-state index is 4.20. The van der Waals surface area contributed by atoms with Gasteiger partial charge in [-0.2, -0.15) is 0 Å². The van der Waals surface area contributed by atoms with Crippen LogP contribution in [0.3, 0.4) is 0 Å². The Morgan fingerprint density at radius 2 is 2.06 bits per heavy atom. The predicted molar refractivity (Wildman–Crippen MR) is 73.4 cm³/mol. The van der Waals surface area contributed by atoms with Gasteiger partial charge in [-0.05, 0) is 35.1 Å². The normalized spacial score (nSPS) is 10.5. The van der Waals surface area contributed by atoms with Crippen LogP contribution in [0.4, 0.5) is 5.95 Å². The number of rotatable bonds is 2. The zero-order valence-electron chi connectivity index (χ0n) is 9.45. The molecule has 84 valence electrons. The van der Waals surface area contributed by atoms with Gasteiger partial charge in [-0.25, -0.2) is 0 Å². The van der Waals surface area contributed by atoms with Crippen LogP contribution >= 0.6 is 22.6 Å². The lowest BCUT2D eigenvalue weighted by molar-refractivity contribution is 0.924. The second-order valence-corrected chi connectivity index (χ2v) is 4.67. The molecule has 0 radical (unpaired) electrons. The molecule has 0 saturated carbocycles. The molecule has 0 aliphatic carbocycles. The number of benzene rings is 1. The number of hydrogen-bond donors (Lipinski definition) is 1. The number of hydrogen-bond acceptors (Lipinski definition) is 3. The van der Waals surface area contributed by atoms with Gasteiger partial charge in [0.1, 0.15) is 0 Å². The molecule has 0 aliphatic heterocycles. The quantitative estimate of drug-likeness (QED) is 0.861. The van der Waals surface area contributed by atoms with Gasteiger partial charge in [-0.3, -0.25) is 4.57 Å². The fourth-order valence-corrected chi connectivity index (χ4v) is 2.20. The van der Waals surface area contributed by atoms with Crippen molar-refractivity contribution >= 4 is 28.5 Å². The van der Waals surface area contributed by atoms with Gasteiger partial charge < -0.3 is 5.32 Å². The monoisotopic (exact) mass is 328 g/mol. The third-order valence-electron chi connectivity index (χ3n) is 2.53. The SMILES string of the molecule is CNc1nnc(-c2cccc(C)c2I)n1C. The Labute approximate surface area is 108 Å². The molecule has 0 amide bonds. The average Bonchev–Trinajstić information content (AvgIpc) is 2.64. The summed E-state index contributed by atoms with van der Waals surface area (Å²) < 4.78 is 3.18. The van der Waals surface area contributed by atoms with E-state index in [1.165, 1.54) is 9.13 Å². The number of nitrogens with zero attached hydrogens (tertiary/aromatic N) is 3.